The van der Waals surface area contributed by atoms with E-state index in [1.807, 2.05) is 73.7 Å². The molecule has 1 saturated heterocycles. The van der Waals surface area contributed by atoms with Crippen molar-refractivity contribution in [2.75, 3.05) is 13.7 Å². The Balaban J connectivity index is 1.76. The highest BCUT2D eigenvalue weighted by Crippen LogP contribution is 2.49. The van der Waals surface area contributed by atoms with Gasteiger partial charge in [0.1, 0.15) is 18.0 Å². The number of ether oxygens (including phenoxy) is 6. The van der Waals surface area contributed by atoms with Crippen molar-refractivity contribution < 1.29 is 33.2 Å². The first-order valence-corrected chi connectivity index (χ1v) is 21.0. The molecule has 1 aliphatic rings. The number of carbonyl (C=O) groups excluding carboxylic acids is 1. The van der Waals surface area contributed by atoms with Crippen molar-refractivity contribution in [1.29, 1.82) is 0 Å². The molecule has 0 amide bonds. The Labute approximate surface area is 301 Å². The summed E-state index contributed by atoms with van der Waals surface area (Å²) in [7, 11) is -0.598. The lowest BCUT2D eigenvalue weighted by atomic mass is 9.97. The number of carbonyl (C=O) groups is 1. The third-order valence-electron chi connectivity index (χ3n) is 9.50. The molecule has 4 rings (SSSR count). The predicted octanol–water partition coefficient (Wildman–Crippen LogP) is 8.91. The minimum Gasteiger partial charge on any atom is -0.497 e. The fourth-order valence-electron chi connectivity index (χ4n) is 5.69. The number of hydrogen-bond donors (Lipinski definition) is 0. The van der Waals surface area contributed by atoms with Gasteiger partial charge in [-0.2, -0.15) is 0 Å². The monoisotopic (exact) mass is 786 g/mol. The van der Waals surface area contributed by atoms with Crippen LogP contribution in [0.3, 0.4) is 0 Å². The second-order valence-electron chi connectivity index (χ2n) is 13.7. The normalized spacial score (nSPS) is 22.4. The molecular weight excluding hydrogens is 735 g/mol. The molecule has 7 nitrogen and oxygen atoms in total. The molecule has 0 spiro atoms. The van der Waals surface area contributed by atoms with Crippen LogP contribution in [0.1, 0.15) is 44.4 Å². The summed E-state index contributed by atoms with van der Waals surface area (Å²) in [6.07, 6.45) is 1.67. The van der Waals surface area contributed by atoms with Crippen molar-refractivity contribution in [3.05, 3.63) is 114 Å². The minimum absolute atomic E-state index is 0.0367. The molecule has 0 saturated carbocycles. The average Bonchev–Trinajstić information content (AvgIpc) is 3.07. The topological polar surface area (TPSA) is 72.5 Å². The summed E-state index contributed by atoms with van der Waals surface area (Å²) >= 11 is 2.40. The number of alkyl halides is 1. The maximum atomic E-state index is 12.7. The first kappa shape index (κ1) is 38.3. The van der Waals surface area contributed by atoms with Crippen molar-refractivity contribution in [3.63, 3.8) is 0 Å². The highest BCUT2D eigenvalue weighted by atomic mass is 127. The first-order chi connectivity index (χ1) is 22.9. The van der Waals surface area contributed by atoms with Crippen LogP contribution in [-0.4, -0.2) is 56.3 Å². The molecule has 1 fully saturated rings. The molecule has 0 unspecified atom stereocenters. The Kier molecular flexibility index (Phi) is 14.3. The molecule has 6 atom stereocenters. The van der Waals surface area contributed by atoms with Gasteiger partial charge >= 0.3 is 5.97 Å². The van der Waals surface area contributed by atoms with E-state index < -0.39 is 26.6 Å². The zero-order valence-corrected chi connectivity index (χ0v) is 32.4. The fourth-order valence-corrected chi connectivity index (χ4v) is 9.35. The van der Waals surface area contributed by atoms with Gasteiger partial charge < -0.3 is 28.4 Å². The van der Waals surface area contributed by atoms with Crippen LogP contribution in [0.5, 0.6) is 5.75 Å². The smallest absolute Gasteiger partial charge is 0.330 e. The summed E-state index contributed by atoms with van der Waals surface area (Å²) in [5, 5.41) is -0.0367. The van der Waals surface area contributed by atoms with Crippen LogP contribution in [0, 0.1) is 0 Å². The highest BCUT2D eigenvalue weighted by molar-refractivity contribution is 14.1. The molecule has 0 N–H and O–H groups in total. The van der Waals surface area contributed by atoms with Gasteiger partial charge in [-0.15, -0.1) is 0 Å². The summed E-state index contributed by atoms with van der Waals surface area (Å²) in [6.45, 7) is 14.8. The van der Waals surface area contributed by atoms with E-state index in [2.05, 4.69) is 80.7 Å². The van der Waals surface area contributed by atoms with Gasteiger partial charge in [0.15, 0.2) is 6.29 Å². The lowest BCUT2D eigenvalue weighted by Gasteiger charge is -2.52. The van der Waals surface area contributed by atoms with Crippen LogP contribution in [0.25, 0.3) is 0 Å². The van der Waals surface area contributed by atoms with Crippen LogP contribution in [-0.2, 0) is 48.3 Å². The van der Waals surface area contributed by atoms with Crippen LogP contribution in [0.4, 0.5) is 0 Å². The van der Waals surface area contributed by atoms with Crippen LogP contribution >= 0.6 is 22.6 Å². The van der Waals surface area contributed by atoms with Gasteiger partial charge in [0.25, 0.3) is 0 Å². The summed E-state index contributed by atoms with van der Waals surface area (Å²) in [4.78, 5) is 12.7. The molecule has 3 aromatic rings. The van der Waals surface area contributed by atoms with E-state index in [9.17, 15) is 4.79 Å². The largest absolute Gasteiger partial charge is 0.497 e. The van der Waals surface area contributed by atoms with Gasteiger partial charge in [0.2, 0.25) is 0 Å². The number of hydrogen-bond acceptors (Lipinski definition) is 7. The zero-order valence-electron chi connectivity index (χ0n) is 29.3. The fraction of sp³-hybridized carbons (Fsp3) is 0.462. The molecular formula is C39H51IO7Si. The Morgan fingerprint density at radius 3 is 1.88 bits per heavy atom. The number of halogens is 1. The molecule has 48 heavy (non-hydrogen) atoms. The van der Waals surface area contributed by atoms with Crippen molar-refractivity contribution in [2.45, 2.75) is 99.7 Å². The Morgan fingerprint density at radius 2 is 1.35 bits per heavy atom. The van der Waals surface area contributed by atoms with E-state index in [-0.39, 0.29) is 26.6 Å². The van der Waals surface area contributed by atoms with Crippen molar-refractivity contribution in [1.82, 2.24) is 0 Å². The van der Waals surface area contributed by atoms with E-state index in [4.69, 9.17) is 28.4 Å². The van der Waals surface area contributed by atoms with E-state index in [0.29, 0.717) is 26.4 Å². The maximum Gasteiger partial charge on any atom is 0.330 e. The highest BCUT2D eigenvalue weighted by Gasteiger charge is 2.54. The number of methoxy groups -OCH3 is 1. The van der Waals surface area contributed by atoms with E-state index in [1.54, 1.807) is 13.2 Å². The molecule has 1 heterocycles. The van der Waals surface area contributed by atoms with Crippen LogP contribution < -0.4 is 4.74 Å². The second kappa shape index (κ2) is 17.9. The summed E-state index contributed by atoms with van der Waals surface area (Å²) in [5.41, 5.74) is 3.00. The molecule has 0 aromatic heterocycles. The van der Waals surface area contributed by atoms with Gasteiger partial charge in [-0.3, -0.25) is 0 Å². The third kappa shape index (κ3) is 10.2. The van der Waals surface area contributed by atoms with E-state index >= 15 is 0 Å². The predicted molar refractivity (Wildman–Crippen MR) is 201 cm³/mol. The van der Waals surface area contributed by atoms with E-state index in [1.165, 1.54) is 0 Å². The second-order valence-corrected chi connectivity index (χ2v) is 20.8. The SMILES string of the molecule is CCOC(=O)/C=C/[C@@H]([C@H]1O[C@H](OCc2ccc(OC)cc2)[C@@H](I)[C@@H](OCc2ccccc2)[C@@H]1OCc1ccccc1)[Si](C)(C)C(C)(C)C. The van der Waals surface area contributed by atoms with Gasteiger partial charge in [0, 0.05) is 11.6 Å². The molecule has 260 valence electrons. The summed E-state index contributed by atoms with van der Waals surface area (Å²) < 4.78 is 37.8. The van der Waals surface area contributed by atoms with Crippen molar-refractivity contribution >= 4 is 36.6 Å². The number of rotatable bonds is 15. The summed E-state index contributed by atoms with van der Waals surface area (Å²) in [6, 6.07) is 28.2. The first-order valence-electron chi connectivity index (χ1n) is 16.6. The molecule has 0 aliphatic carbocycles. The molecule has 1 aliphatic heterocycles. The molecule has 0 radical (unpaired) electrons. The third-order valence-corrected chi connectivity index (χ3v) is 16.9. The van der Waals surface area contributed by atoms with Gasteiger partial charge in [-0.25, -0.2) is 4.79 Å². The standard InChI is InChI=1S/C39H51IO7Si/c1-8-43-33(41)24-23-32(48(6,7)39(2,3)4)35-37(45-26-29-17-13-10-14-18-29)36(44-25-28-15-11-9-12-16-28)34(40)38(47-35)46-27-30-19-21-31(42-5)22-20-30/h9-24,32,34-38H,8,25-27H2,1-7H3/b24-23+/t32-,34-,35+,36+,37+,38-/m0/s1. The minimum atomic E-state index is -2.25. The van der Waals surface area contributed by atoms with Gasteiger partial charge in [0.05, 0.1) is 51.6 Å². The zero-order chi connectivity index (χ0) is 34.7. The Hall–Kier alpha value is -2.54. The lowest BCUT2D eigenvalue weighted by Crippen LogP contribution is -2.62. The van der Waals surface area contributed by atoms with E-state index in [0.717, 1.165) is 22.4 Å². The Morgan fingerprint density at radius 1 is 0.833 bits per heavy atom. The molecule has 0 bridgehead atoms. The quantitative estimate of drug-likeness (QED) is 0.0501. The summed E-state index contributed by atoms with van der Waals surface area (Å²) in [5.74, 6) is 0.424. The van der Waals surface area contributed by atoms with Crippen LogP contribution in [0.2, 0.25) is 23.7 Å². The number of esters is 1. The Bertz CT molecular complexity index is 1430. The van der Waals surface area contributed by atoms with Gasteiger partial charge in [-0.05, 0) is 40.8 Å². The van der Waals surface area contributed by atoms with Crippen molar-refractivity contribution in [3.8, 4) is 5.75 Å². The molecule has 9 heteroatoms. The maximum absolute atomic E-state index is 12.7. The lowest BCUT2D eigenvalue weighted by molar-refractivity contribution is -0.265. The van der Waals surface area contributed by atoms with Gasteiger partial charge in [-0.1, -0.05) is 135 Å². The molecule has 3 aromatic carbocycles. The van der Waals surface area contributed by atoms with Crippen molar-refractivity contribution in [2.24, 2.45) is 0 Å². The average molecular weight is 787 g/mol. The van der Waals surface area contributed by atoms with Crippen LogP contribution in [0.15, 0.2) is 97.1 Å². The number of benzene rings is 3.